The van der Waals surface area contributed by atoms with E-state index in [0.29, 0.717) is 31.8 Å². The molecule has 0 aromatic heterocycles. The molecular weight excluding hydrogens is 248 g/mol. The van der Waals surface area contributed by atoms with Gasteiger partial charge < -0.3 is 15.3 Å². The number of rotatable bonds is 6. The maximum absolute atomic E-state index is 11.8. The highest BCUT2D eigenvalue weighted by atomic mass is 16.4. The molecule has 1 aliphatic rings. The number of hydrogen-bond donors (Lipinski definition) is 2. The molecule has 1 atom stereocenters. The molecule has 6 heteroatoms. The van der Waals surface area contributed by atoms with Gasteiger partial charge >= 0.3 is 5.97 Å². The van der Waals surface area contributed by atoms with E-state index in [-0.39, 0.29) is 24.8 Å². The minimum atomic E-state index is -0.847. The summed E-state index contributed by atoms with van der Waals surface area (Å²) in [4.78, 5) is 35.5. The lowest BCUT2D eigenvalue weighted by Gasteiger charge is -2.16. The predicted molar refractivity (Wildman–Crippen MR) is 69.4 cm³/mol. The monoisotopic (exact) mass is 270 g/mol. The summed E-state index contributed by atoms with van der Waals surface area (Å²) in [6.07, 6.45) is 1.20. The summed E-state index contributed by atoms with van der Waals surface area (Å²) in [5, 5.41) is 11.6. The van der Waals surface area contributed by atoms with Crippen LogP contribution in [0.25, 0.3) is 0 Å². The zero-order valence-corrected chi connectivity index (χ0v) is 11.5. The SMILES string of the molecule is CC(C)CC(=O)NCCC(=O)N1CCC(C(=O)O)C1. The number of carbonyl (C=O) groups is 3. The van der Waals surface area contributed by atoms with Crippen molar-refractivity contribution in [2.45, 2.75) is 33.1 Å². The van der Waals surface area contributed by atoms with Crippen molar-refractivity contribution in [2.24, 2.45) is 11.8 Å². The van der Waals surface area contributed by atoms with Crippen LogP contribution < -0.4 is 5.32 Å². The first-order chi connectivity index (χ1) is 8.90. The molecule has 0 aromatic carbocycles. The van der Waals surface area contributed by atoms with Crippen molar-refractivity contribution >= 4 is 17.8 Å². The van der Waals surface area contributed by atoms with Gasteiger partial charge in [0.1, 0.15) is 0 Å². The van der Waals surface area contributed by atoms with E-state index in [1.807, 2.05) is 13.8 Å². The summed E-state index contributed by atoms with van der Waals surface area (Å²) in [6, 6.07) is 0. The Balaban J connectivity index is 2.22. The molecule has 1 saturated heterocycles. The van der Waals surface area contributed by atoms with Crippen molar-refractivity contribution < 1.29 is 19.5 Å². The molecule has 6 nitrogen and oxygen atoms in total. The normalized spacial score (nSPS) is 18.7. The Morgan fingerprint density at radius 3 is 2.58 bits per heavy atom. The first-order valence-corrected chi connectivity index (χ1v) is 6.67. The van der Waals surface area contributed by atoms with Crippen molar-refractivity contribution in [3.05, 3.63) is 0 Å². The van der Waals surface area contributed by atoms with E-state index in [2.05, 4.69) is 5.32 Å². The fourth-order valence-corrected chi connectivity index (χ4v) is 2.10. The van der Waals surface area contributed by atoms with Crippen LogP contribution in [0.1, 0.15) is 33.1 Å². The molecule has 1 heterocycles. The second-order valence-electron chi connectivity index (χ2n) is 5.36. The zero-order chi connectivity index (χ0) is 14.4. The molecule has 2 N–H and O–H groups in total. The van der Waals surface area contributed by atoms with E-state index in [9.17, 15) is 14.4 Å². The summed E-state index contributed by atoms with van der Waals surface area (Å²) in [5.41, 5.74) is 0. The summed E-state index contributed by atoms with van der Waals surface area (Å²) in [7, 11) is 0. The number of nitrogens with zero attached hydrogens (tertiary/aromatic N) is 1. The highest BCUT2D eigenvalue weighted by Gasteiger charge is 2.30. The van der Waals surface area contributed by atoms with E-state index in [1.165, 1.54) is 0 Å². The Kier molecular flexibility index (Phi) is 5.79. The topological polar surface area (TPSA) is 86.7 Å². The van der Waals surface area contributed by atoms with Crippen LogP contribution in [0.5, 0.6) is 0 Å². The Labute approximate surface area is 113 Å². The van der Waals surface area contributed by atoms with Crippen LogP contribution >= 0.6 is 0 Å². The molecule has 0 aliphatic carbocycles. The largest absolute Gasteiger partial charge is 0.481 e. The van der Waals surface area contributed by atoms with Gasteiger partial charge in [-0.25, -0.2) is 0 Å². The highest BCUT2D eigenvalue weighted by molar-refractivity contribution is 5.80. The molecule has 0 saturated carbocycles. The van der Waals surface area contributed by atoms with Crippen LogP contribution in [0.4, 0.5) is 0 Å². The summed E-state index contributed by atoms with van der Waals surface area (Å²) >= 11 is 0. The van der Waals surface area contributed by atoms with Crippen molar-refractivity contribution in [2.75, 3.05) is 19.6 Å². The second-order valence-corrected chi connectivity index (χ2v) is 5.36. The van der Waals surface area contributed by atoms with Gasteiger partial charge in [0.05, 0.1) is 5.92 Å². The summed E-state index contributed by atoms with van der Waals surface area (Å²) < 4.78 is 0. The lowest BCUT2D eigenvalue weighted by atomic mass is 10.1. The maximum atomic E-state index is 11.8. The summed E-state index contributed by atoms with van der Waals surface area (Å²) in [5.74, 6) is -1.13. The van der Waals surface area contributed by atoms with Crippen LogP contribution in [0.3, 0.4) is 0 Å². The Morgan fingerprint density at radius 2 is 2.05 bits per heavy atom. The van der Waals surface area contributed by atoms with Crippen LogP contribution in [-0.4, -0.2) is 47.4 Å². The zero-order valence-electron chi connectivity index (χ0n) is 11.5. The maximum Gasteiger partial charge on any atom is 0.308 e. The standard InChI is InChI=1S/C13H22N2O4/c1-9(2)7-11(16)14-5-3-12(17)15-6-4-10(8-15)13(18)19/h9-10H,3-8H2,1-2H3,(H,14,16)(H,18,19). The highest BCUT2D eigenvalue weighted by Crippen LogP contribution is 2.16. The number of carboxylic acid groups (broad SMARTS) is 1. The van der Waals surface area contributed by atoms with Gasteiger partial charge in [-0.2, -0.15) is 0 Å². The third-order valence-corrected chi connectivity index (χ3v) is 3.14. The first kappa shape index (κ1) is 15.5. The van der Waals surface area contributed by atoms with E-state index in [1.54, 1.807) is 4.90 Å². The van der Waals surface area contributed by atoms with Gasteiger partial charge in [-0.05, 0) is 12.3 Å². The van der Waals surface area contributed by atoms with Gasteiger partial charge in [-0.15, -0.1) is 0 Å². The van der Waals surface area contributed by atoms with Gasteiger partial charge in [-0.3, -0.25) is 14.4 Å². The number of amides is 2. The molecule has 2 amide bonds. The molecular formula is C13H22N2O4. The second kappa shape index (κ2) is 7.11. The molecule has 108 valence electrons. The molecule has 19 heavy (non-hydrogen) atoms. The van der Waals surface area contributed by atoms with E-state index < -0.39 is 11.9 Å². The number of likely N-dealkylation sites (tertiary alicyclic amines) is 1. The average molecular weight is 270 g/mol. The number of aliphatic carboxylic acids is 1. The average Bonchev–Trinajstić information content (AvgIpc) is 2.76. The van der Waals surface area contributed by atoms with Gasteiger partial charge in [-0.1, -0.05) is 13.8 Å². The van der Waals surface area contributed by atoms with E-state index >= 15 is 0 Å². The molecule has 1 aliphatic heterocycles. The smallest absolute Gasteiger partial charge is 0.308 e. The predicted octanol–water partition coefficient (Wildman–Crippen LogP) is 0.472. The lowest BCUT2D eigenvalue weighted by molar-refractivity contribution is -0.141. The van der Waals surface area contributed by atoms with E-state index in [0.717, 1.165) is 0 Å². The van der Waals surface area contributed by atoms with Gasteiger partial charge in [0.25, 0.3) is 0 Å². The molecule has 1 fully saturated rings. The fraction of sp³-hybridized carbons (Fsp3) is 0.769. The Hall–Kier alpha value is -1.59. The molecule has 0 aromatic rings. The number of hydrogen-bond acceptors (Lipinski definition) is 3. The Morgan fingerprint density at radius 1 is 1.37 bits per heavy atom. The Bertz CT molecular complexity index is 355. The van der Waals surface area contributed by atoms with Crippen molar-refractivity contribution in [1.29, 1.82) is 0 Å². The molecule has 0 bridgehead atoms. The number of carboxylic acids is 1. The van der Waals surface area contributed by atoms with Crippen LogP contribution in [0.2, 0.25) is 0 Å². The first-order valence-electron chi connectivity index (χ1n) is 6.67. The van der Waals surface area contributed by atoms with Crippen molar-refractivity contribution in [1.82, 2.24) is 10.2 Å². The molecule has 0 spiro atoms. The third kappa shape index (κ3) is 5.28. The third-order valence-electron chi connectivity index (χ3n) is 3.14. The lowest BCUT2D eigenvalue weighted by Crippen LogP contribution is -2.34. The van der Waals surface area contributed by atoms with Crippen LogP contribution in [0, 0.1) is 11.8 Å². The number of nitrogens with one attached hydrogen (secondary N) is 1. The quantitative estimate of drug-likeness (QED) is 0.734. The summed E-state index contributed by atoms with van der Waals surface area (Å²) in [6.45, 7) is 5.02. The molecule has 0 radical (unpaired) electrons. The van der Waals surface area contributed by atoms with Crippen LogP contribution in [0.15, 0.2) is 0 Å². The minimum absolute atomic E-state index is 0.0485. The van der Waals surface area contributed by atoms with E-state index in [4.69, 9.17) is 5.11 Å². The molecule has 1 unspecified atom stereocenters. The van der Waals surface area contributed by atoms with Crippen molar-refractivity contribution in [3.8, 4) is 0 Å². The van der Waals surface area contributed by atoms with Crippen molar-refractivity contribution in [3.63, 3.8) is 0 Å². The van der Waals surface area contributed by atoms with Gasteiger partial charge in [0.15, 0.2) is 0 Å². The van der Waals surface area contributed by atoms with Gasteiger partial charge in [0, 0.05) is 32.5 Å². The number of carbonyl (C=O) groups excluding carboxylic acids is 2. The fourth-order valence-electron chi connectivity index (χ4n) is 2.10. The van der Waals surface area contributed by atoms with Crippen LogP contribution in [-0.2, 0) is 14.4 Å². The van der Waals surface area contributed by atoms with Gasteiger partial charge in [0.2, 0.25) is 11.8 Å². The minimum Gasteiger partial charge on any atom is -0.481 e. The molecule has 1 rings (SSSR count).